The van der Waals surface area contributed by atoms with Gasteiger partial charge < -0.3 is 18.8 Å². The molecule has 0 N–H and O–H groups in total. The summed E-state index contributed by atoms with van der Waals surface area (Å²) in [6.07, 6.45) is 0. The molecule has 3 rings (SSSR count). The Morgan fingerprint density at radius 3 is 2.07 bits per heavy atom. The highest BCUT2D eigenvalue weighted by Gasteiger charge is 2.51. The Kier molecular flexibility index (Phi) is 5.65. The maximum Gasteiger partial charge on any atom is 0.494 e. The number of hydrogen-bond donors (Lipinski definition) is 0. The molecule has 0 unspecified atom stereocenters. The summed E-state index contributed by atoms with van der Waals surface area (Å²) < 4.78 is 24.5. The van der Waals surface area contributed by atoms with Gasteiger partial charge in [0, 0.05) is 19.6 Å². The van der Waals surface area contributed by atoms with Gasteiger partial charge >= 0.3 is 7.12 Å². The second-order valence-electron chi connectivity index (χ2n) is 10.3. The lowest BCUT2D eigenvalue weighted by Crippen LogP contribution is -2.57. The molecule has 1 aromatic rings. The van der Waals surface area contributed by atoms with E-state index in [1.165, 1.54) is 0 Å². The van der Waals surface area contributed by atoms with Crippen LogP contribution in [0.4, 0.5) is 0 Å². The lowest BCUT2D eigenvalue weighted by Gasteiger charge is -2.47. The highest BCUT2D eigenvalue weighted by molar-refractivity contribution is 6.62. The van der Waals surface area contributed by atoms with Gasteiger partial charge in [0.05, 0.1) is 22.4 Å². The Morgan fingerprint density at radius 2 is 1.50 bits per heavy atom. The molecule has 1 aromatic carbocycles. The van der Waals surface area contributed by atoms with Crippen molar-refractivity contribution in [3.05, 3.63) is 24.3 Å². The first-order chi connectivity index (χ1) is 12.8. The maximum absolute atomic E-state index is 6.15. The van der Waals surface area contributed by atoms with Crippen molar-refractivity contribution < 1.29 is 18.8 Å². The van der Waals surface area contributed by atoms with Gasteiger partial charge in [-0.25, -0.2) is 0 Å². The summed E-state index contributed by atoms with van der Waals surface area (Å²) in [5, 5.41) is 0. The van der Waals surface area contributed by atoms with E-state index >= 15 is 0 Å². The van der Waals surface area contributed by atoms with Crippen LogP contribution in [0.1, 0.15) is 55.4 Å². The molecular formula is C22H36BNO4. The molecular weight excluding hydrogens is 353 g/mol. The molecule has 0 atom stereocenters. The zero-order valence-electron chi connectivity index (χ0n) is 18.8. The van der Waals surface area contributed by atoms with Gasteiger partial charge in [-0.1, -0.05) is 12.1 Å². The third-order valence-electron chi connectivity index (χ3n) is 5.82. The fourth-order valence-corrected chi connectivity index (χ4v) is 4.13. The summed E-state index contributed by atoms with van der Waals surface area (Å²) in [7, 11) is -0.366. The lowest BCUT2D eigenvalue weighted by molar-refractivity contribution is -0.181. The van der Waals surface area contributed by atoms with Crippen molar-refractivity contribution in [2.75, 3.05) is 26.2 Å². The fourth-order valence-electron chi connectivity index (χ4n) is 4.13. The first-order valence-electron chi connectivity index (χ1n) is 10.3. The second-order valence-corrected chi connectivity index (χ2v) is 10.3. The van der Waals surface area contributed by atoms with Crippen LogP contribution in [0.5, 0.6) is 5.75 Å². The molecule has 28 heavy (non-hydrogen) atoms. The van der Waals surface area contributed by atoms with E-state index in [2.05, 4.69) is 60.3 Å². The van der Waals surface area contributed by atoms with Crippen molar-refractivity contribution >= 4 is 12.6 Å². The topological polar surface area (TPSA) is 40.2 Å². The molecule has 156 valence electrons. The smallest absolute Gasteiger partial charge is 0.492 e. The average Bonchev–Trinajstić information content (AvgIpc) is 2.73. The molecule has 0 aromatic heterocycles. The van der Waals surface area contributed by atoms with E-state index in [0.717, 1.165) is 30.8 Å². The first kappa shape index (κ1) is 21.6. The Hall–Kier alpha value is -1.08. The third kappa shape index (κ3) is 4.91. The fraction of sp³-hybridized carbons (Fsp3) is 0.727. The van der Waals surface area contributed by atoms with E-state index in [1.54, 1.807) is 0 Å². The van der Waals surface area contributed by atoms with Gasteiger partial charge in [-0.2, -0.15) is 0 Å². The van der Waals surface area contributed by atoms with E-state index < -0.39 is 0 Å². The van der Waals surface area contributed by atoms with Crippen molar-refractivity contribution in [1.82, 2.24) is 4.90 Å². The quantitative estimate of drug-likeness (QED) is 0.723. The van der Waals surface area contributed by atoms with E-state index in [1.807, 2.05) is 24.3 Å². The molecule has 2 aliphatic rings. The van der Waals surface area contributed by atoms with Crippen LogP contribution in [0.2, 0.25) is 0 Å². The standard InChI is InChI=1S/C22H36BNO4/c1-19(2)15-24(16-20(3,4)26-19)12-13-25-18-11-9-10-17(14-18)23-27-21(5,6)22(7,8)28-23/h9-11,14H,12-13,15-16H2,1-8H3. The summed E-state index contributed by atoms with van der Waals surface area (Å²) in [6, 6.07) is 8.04. The van der Waals surface area contributed by atoms with Gasteiger partial charge in [-0.05, 0) is 73.0 Å². The van der Waals surface area contributed by atoms with E-state index in [9.17, 15) is 0 Å². The van der Waals surface area contributed by atoms with Crippen LogP contribution >= 0.6 is 0 Å². The van der Waals surface area contributed by atoms with Crippen LogP contribution in [0.15, 0.2) is 24.3 Å². The molecule has 0 spiro atoms. The van der Waals surface area contributed by atoms with Crippen molar-refractivity contribution in [3.63, 3.8) is 0 Å². The largest absolute Gasteiger partial charge is 0.494 e. The SMILES string of the molecule is CC1(C)CN(CCOc2cccc(B3OC(C)(C)C(C)(C)O3)c2)CC(C)(C)O1. The number of hydrogen-bond acceptors (Lipinski definition) is 5. The van der Waals surface area contributed by atoms with E-state index in [-0.39, 0.29) is 29.5 Å². The normalized spacial score (nSPS) is 25.6. The van der Waals surface area contributed by atoms with Crippen molar-refractivity contribution in [2.24, 2.45) is 0 Å². The molecule has 2 fully saturated rings. The first-order valence-corrected chi connectivity index (χ1v) is 10.3. The number of nitrogens with zero attached hydrogens (tertiary/aromatic N) is 1. The van der Waals surface area contributed by atoms with Crippen molar-refractivity contribution in [3.8, 4) is 5.75 Å². The van der Waals surface area contributed by atoms with Crippen LogP contribution in [-0.4, -0.2) is 60.7 Å². The van der Waals surface area contributed by atoms with Crippen LogP contribution in [-0.2, 0) is 14.0 Å². The third-order valence-corrected chi connectivity index (χ3v) is 5.82. The molecule has 6 heteroatoms. The minimum atomic E-state index is -0.366. The molecule has 0 saturated carbocycles. The Morgan fingerprint density at radius 1 is 0.929 bits per heavy atom. The Bertz CT molecular complexity index is 670. The minimum absolute atomic E-state index is 0.140. The Labute approximate surface area is 170 Å². The van der Waals surface area contributed by atoms with E-state index in [0.29, 0.717) is 6.61 Å². The monoisotopic (exact) mass is 389 g/mol. The summed E-state index contributed by atoms with van der Waals surface area (Å²) in [4.78, 5) is 2.42. The van der Waals surface area contributed by atoms with Gasteiger partial charge in [0.25, 0.3) is 0 Å². The highest BCUT2D eigenvalue weighted by Crippen LogP contribution is 2.36. The molecule has 0 radical (unpaired) electrons. The molecule has 5 nitrogen and oxygen atoms in total. The summed E-state index contributed by atoms with van der Waals surface area (Å²) in [5.74, 6) is 0.846. The molecule has 2 heterocycles. The molecule has 2 saturated heterocycles. The Balaban J connectivity index is 1.57. The highest BCUT2D eigenvalue weighted by atomic mass is 16.7. The summed E-state index contributed by atoms with van der Waals surface area (Å²) in [6.45, 7) is 20.2. The second kappa shape index (κ2) is 7.31. The van der Waals surface area contributed by atoms with Gasteiger partial charge in [-0.3, -0.25) is 4.90 Å². The number of rotatable bonds is 5. The molecule has 0 amide bonds. The number of ether oxygens (including phenoxy) is 2. The van der Waals surface area contributed by atoms with Gasteiger partial charge in [0.1, 0.15) is 12.4 Å². The predicted octanol–water partition coefficient (Wildman–Crippen LogP) is 3.25. The summed E-state index contributed by atoms with van der Waals surface area (Å²) in [5.41, 5.74) is 0.0241. The van der Waals surface area contributed by atoms with Crippen molar-refractivity contribution in [1.29, 1.82) is 0 Å². The zero-order chi connectivity index (χ0) is 20.8. The number of morpholine rings is 1. The minimum Gasteiger partial charge on any atom is -0.492 e. The van der Waals surface area contributed by atoms with Crippen LogP contribution in [0.3, 0.4) is 0 Å². The molecule has 2 aliphatic heterocycles. The van der Waals surface area contributed by atoms with Gasteiger partial charge in [-0.15, -0.1) is 0 Å². The average molecular weight is 389 g/mol. The molecule has 0 aliphatic carbocycles. The van der Waals surface area contributed by atoms with E-state index in [4.69, 9.17) is 18.8 Å². The van der Waals surface area contributed by atoms with Gasteiger partial charge in [0.2, 0.25) is 0 Å². The van der Waals surface area contributed by atoms with Gasteiger partial charge in [0.15, 0.2) is 0 Å². The maximum atomic E-state index is 6.15. The van der Waals surface area contributed by atoms with Crippen LogP contribution in [0.25, 0.3) is 0 Å². The molecule has 0 bridgehead atoms. The predicted molar refractivity (Wildman–Crippen MR) is 113 cm³/mol. The van der Waals surface area contributed by atoms with Crippen molar-refractivity contribution in [2.45, 2.75) is 77.8 Å². The lowest BCUT2D eigenvalue weighted by atomic mass is 9.79. The van der Waals surface area contributed by atoms with Crippen LogP contribution < -0.4 is 10.2 Å². The van der Waals surface area contributed by atoms with Crippen LogP contribution in [0, 0.1) is 0 Å². The zero-order valence-corrected chi connectivity index (χ0v) is 18.8. The summed E-state index contributed by atoms with van der Waals surface area (Å²) >= 11 is 0. The number of benzene rings is 1.